The molecule has 1 aromatic carbocycles. The summed E-state index contributed by atoms with van der Waals surface area (Å²) in [7, 11) is 1.91. The summed E-state index contributed by atoms with van der Waals surface area (Å²) in [6.07, 6.45) is 3.15. The van der Waals surface area contributed by atoms with E-state index in [9.17, 15) is 9.59 Å². The molecule has 1 fully saturated rings. The summed E-state index contributed by atoms with van der Waals surface area (Å²) in [5, 5.41) is 6.83. The lowest BCUT2D eigenvalue weighted by Gasteiger charge is -2.30. The van der Waals surface area contributed by atoms with Crippen molar-refractivity contribution < 1.29 is 9.59 Å². The minimum absolute atomic E-state index is 0.0246. The maximum Gasteiger partial charge on any atom is 0.239 e. The molecule has 1 atom stereocenters. The quantitative estimate of drug-likeness (QED) is 0.840. The van der Waals surface area contributed by atoms with Crippen LogP contribution in [0.25, 0.3) is 5.69 Å². The molecule has 0 bridgehead atoms. The fourth-order valence-electron chi connectivity index (χ4n) is 2.80. The summed E-state index contributed by atoms with van der Waals surface area (Å²) >= 11 is 0. The van der Waals surface area contributed by atoms with Gasteiger partial charge in [0.1, 0.15) is 12.7 Å². The van der Waals surface area contributed by atoms with Crippen LogP contribution in [0.4, 0.5) is 0 Å². The Morgan fingerprint density at radius 3 is 2.76 bits per heavy atom. The van der Waals surface area contributed by atoms with Crippen molar-refractivity contribution in [3.8, 4) is 5.69 Å². The molecule has 8 nitrogen and oxygen atoms in total. The molecule has 2 amide bonds. The topological polar surface area (TPSA) is 83.4 Å². The lowest BCUT2D eigenvalue weighted by Crippen LogP contribution is -2.52. The fraction of sp³-hybridized carbons (Fsp3) is 0.412. The van der Waals surface area contributed by atoms with Crippen LogP contribution >= 0.6 is 0 Å². The first kappa shape index (κ1) is 17.1. The maximum absolute atomic E-state index is 12.4. The predicted molar refractivity (Wildman–Crippen MR) is 92.0 cm³/mol. The number of hydrogen-bond donors (Lipinski definition) is 1. The average molecular weight is 342 g/mol. The zero-order chi connectivity index (χ0) is 17.8. The van der Waals surface area contributed by atoms with Gasteiger partial charge in [0, 0.05) is 19.1 Å². The Morgan fingerprint density at radius 1 is 1.36 bits per heavy atom. The summed E-state index contributed by atoms with van der Waals surface area (Å²) in [6, 6.07) is 8.08. The maximum atomic E-state index is 12.4. The van der Waals surface area contributed by atoms with Crippen molar-refractivity contribution >= 4 is 11.8 Å². The molecule has 132 valence electrons. The van der Waals surface area contributed by atoms with Crippen LogP contribution in [-0.4, -0.2) is 69.6 Å². The minimum Gasteiger partial charge on any atom is -0.353 e. The molecule has 1 N–H and O–H groups in total. The van der Waals surface area contributed by atoms with Crippen molar-refractivity contribution in [3.63, 3.8) is 0 Å². The first-order valence-electron chi connectivity index (χ1n) is 8.24. The molecule has 0 aliphatic carbocycles. The van der Waals surface area contributed by atoms with Gasteiger partial charge in [0.05, 0.1) is 18.8 Å². The van der Waals surface area contributed by atoms with Gasteiger partial charge in [-0.2, -0.15) is 5.10 Å². The van der Waals surface area contributed by atoms with Crippen molar-refractivity contribution in [1.29, 1.82) is 0 Å². The molecule has 0 radical (unpaired) electrons. The SMILES string of the molecule is CC(c1ccc(-n2cncn2)cc1)N(C)CC(=O)N1CCNC(=O)C1. The minimum atomic E-state index is -0.0981. The van der Waals surface area contributed by atoms with Crippen LogP contribution in [0.2, 0.25) is 0 Å². The van der Waals surface area contributed by atoms with Gasteiger partial charge in [-0.25, -0.2) is 9.67 Å². The van der Waals surface area contributed by atoms with Gasteiger partial charge in [0.25, 0.3) is 0 Å². The molecule has 1 unspecified atom stereocenters. The molecule has 2 aromatic rings. The third-order valence-corrected chi connectivity index (χ3v) is 4.50. The summed E-state index contributed by atoms with van der Waals surface area (Å²) in [5.41, 5.74) is 2.04. The number of hydrogen-bond acceptors (Lipinski definition) is 5. The van der Waals surface area contributed by atoms with Crippen LogP contribution in [0.15, 0.2) is 36.9 Å². The zero-order valence-corrected chi connectivity index (χ0v) is 14.4. The molecule has 1 aromatic heterocycles. The predicted octanol–water partition coefficient (Wildman–Crippen LogP) is 0.219. The Labute approximate surface area is 146 Å². The Balaban J connectivity index is 1.60. The van der Waals surface area contributed by atoms with E-state index in [2.05, 4.69) is 22.3 Å². The van der Waals surface area contributed by atoms with Crippen LogP contribution in [-0.2, 0) is 9.59 Å². The highest BCUT2D eigenvalue weighted by Crippen LogP contribution is 2.20. The molecule has 1 aliphatic heterocycles. The number of rotatable bonds is 5. The van der Waals surface area contributed by atoms with Crippen molar-refractivity contribution in [2.45, 2.75) is 13.0 Å². The van der Waals surface area contributed by atoms with E-state index in [1.54, 1.807) is 15.9 Å². The van der Waals surface area contributed by atoms with Crippen LogP contribution in [0, 0.1) is 0 Å². The van der Waals surface area contributed by atoms with Gasteiger partial charge in [0.2, 0.25) is 11.8 Å². The molecule has 0 spiro atoms. The lowest BCUT2D eigenvalue weighted by molar-refractivity contribution is -0.139. The Bertz CT molecular complexity index is 728. The van der Waals surface area contributed by atoms with Gasteiger partial charge in [0.15, 0.2) is 0 Å². The molecule has 8 heteroatoms. The van der Waals surface area contributed by atoms with Gasteiger partial charge in [-0.05, 0) is 31.7 Å². The molecule has 0 saturated carbocycles. The summed E-state index contributed by atoms with van der Waals surface area (Å²) in [4.78, 5) is 31.3. The van der Waals surface area contributed by atoms with E-state index >= 15 is 0 Å². The van der Waals surface area contributed by atoms with Gasteiger partial charge >= 0.3 is 0 Å². The average Bonchev–Trinajstić information content (AvgIpc) is 3.16. The van der Waals surface area contributed by atoms with Gasteiger partial charge in [-0.1, -0.05) is 12.1 Å². The van der Waals surface area contributed by atoms with Crippen molar-refractivity contribution in [2.24, 2.45) is 0 Å². The number of piperazine rings is 1. The van der Waals surface area contributed by atoms with Crippen LogP contribution in [0.1, 0.15) is 18.5 Å². The Hall–Kier alpha value is -2.74. The van der Waals surface area contributed by atoms with Crippen LogP contribution in [0.3, 0.4) is 0 Å². The van der Waals surface area contributed by atoms with Gasteiger partial charge in [-0.15, -0.1) is 0 Å². The second kappa shape index (κ2) is 7.43. The molecular weight excluding hydrogens is 320 g/mol. The fourth-order valence-corrected chi connectivity index (χ4v) is 2.80. The molecule has 3 rings (SSSR count). The first-order valence-corrected chi connectivity index (χ1v) is 8.24. The zero-order valence-electron chi connectivity index (χ0n) is 14.4. The smallest absolute Gasteiger partial charge is 0.239 e. The largest absolute Gasteiger partial charge is 0.353 e. The number of carbonyl (C=O) groups is 2. The molecule has 1 saturated heterocycles. The van der Waals surface area contributed by atoms with E-state index < -0.39 is 0 Å². The second-order valence-electron chi connectivity index (χ2n) is 6.19. The highest BCUT2D eigenvalue weighted by atomic mass is 16.2. The van der Waals surface area contributed by atoms with Crippen molar-refractivity contribution in [1.82, 2.24) is 29.9 Å². The Kier molecular flexibility index (Phi) is 5.08. The molecular formula is C17H22N6O2. The summed E-state index contributed by atoms with van der Waals surface area (Å²) in [6.45, 7) is 3.57. The number of nitrogens with one attached hydrogen (secondary N) is 1. The van der Waals surface area contributed by atoms with E-state index in [-0.39, 0.29) is 30.9 Å². The monoisotopic (exact) mass is 342 g/mol. The standard InChI is InChI=1S/C17H22N6O2/c1-13(14-3-5-15(6-4-14)23-12-18-11-20-23)21(2)10-17(25)22-8-7-19-16(24)9-22/h3-6,11-13H,7-10H2,1-2H3,(H,19,24). The lowest BCUT2D eigenvalue weighted by atomic mass is 10.1. The normalized spacial score (nSPS) is 16.0. The van der Waals surface area contributed by atoms with Gasteiger partial charge in [-0.3, -0.25) is 14.5 Å². The van der Waals surface area contributed by atoms with E-state index in [0.29, 0.717) is 13.1 Å². The summed E-state index contributed by atoms with van der Waals surface area (Å²) < 4.78 is 1.70. The number of likely N-dealkylation sites (N-methyl/N-ethyl adjacent to an activating group) is 1. The van der Waals surface area contributed by atoms with Crippen molar-refractivity contribution in [2.75, 3.05) is 33.2 Å². The first-order chi connectivity index (χ1) is 12.0. The molecule has 1 aliphatic rings. The van der Waals surface area contributed by atoms with Crippen molar-refractivity contribution in [3.05, 3.63) is 42.5 Å². The highest BCUT2D eigenvalue weighted by molar-refractivity contribution is 5.86. The number of benzene rings is 1. The number of amides is 2. The van der Waals surface area contributed by atoms with E-state index in [1.165, 1.54) is 6.33 Å². The van der Waals surface area contributed by atoms with E-state index in [4.69, 9.17) is 0 Å². The third-order valence-electron chi connectivity index (χ3n) is 4.50. The third kappa shape index (κ3) is 4.03. The number of carbonyl (C=O) groups excluding carboxylic acids is 2. The molecule has 2 heterocycles. The Morgan fingerprint density at radius 2 is 2.12 bits per heavy atom. The van der Waals surface area contributed by atoms with E-state index in [1.807, 2.05) is 36.2 Å². The molecule has 25 heavy (non-hydrogen) atoms. The number of aromatic nitrogens is 3. The van der Waals surface area contributed by atoms with Crippen LogP contribution in [0.5, 0.6) is 0 Å². The number of nitrogens with zero attached hydrogens (tertiary/aromatic N) is 5. The van der Waals surface area contributed by atoms with Crippen LogP contribution < -0.4 is 5.32 Å². The van der Waals surface area contributed by atoms with Gasteiger partial charge < -0.3 is 10.2 Å². The highest BCUT2D eigenvalue weighted by Gasteiger charge is 2.23. The second-order valence-corrected chi connectivity index (χ2v) is 6.19. The van der Waals surface area contributed by atoms with E-state index in [0.717, 1.165) is 11.3 Å². The summed E-state index contributed by atoms with van der Waals surface area (Å²) in [5.74, 6) is -0.123.